The van der Waals surface area contributed by atoms with Crippen LogP contribution < -0.4 is 15.8 Å². The van der Waals surface area contributed by atoms with Gasteiger partial charge in [-0.2, -0.15) is 0 Å². The van der Waals surface area contributed by atoms with Gasteiger partial charge in [0.05, 0.1) is 4.90 Å². The molecule has 114 valence electrons. The lowest BCUT2D eigenvalue weighted by molar-refractivity contribution is 0.294. The molecule has 20 heavy (non-hydrogen) atoms. The smallest absolute Gasteiger partial charge is 0.240 e. The fourth-order valence-corrected chi connectivity index (χ4v) is 2.75. The Kier molecular flexibility index (Phi) is 5.98. The summed E-state index contributed by atoms with van der Waals surface area (Å²) in [7, 11) is -1.97. The van der Waals surface area contributed by atoms with E-state index in [0.717, 1.165) is 25.1 Å². The van der Waals surface area contributed by atoms with Gasteiger partial charge in [-0.15, -0.1) is 0 Å². The van der Waals surface area contributed by atoms with E-state index in [0.29, 0.717) is 6.54 Å². The van der Waals surface area contributed by atoms with Crippen LogP contribution in [-0.4, -0.2) is 28.6 Å². The normalized spacial score (nSPS) is 12.4. The van der Waals surface area contributed by atoms with E-state index < -0.39 is 10.0 Å². The highest BCUT2D eigenvalue weighted by molar-refractivity contribution is 7.89. The number of nitrogens with two attached hydrogens (primary N) is 1. The van der Waals surface area contributed by atoms with Gasteiger partial charge in [0.1, 0.15) is 0 Å². The summed E-state index contributed by atoms with van der Waals surface area (Å²) >= 11 is 0. The van der Waals surface area contributed by atoms with Crippen LogP contribution in [-0.2, 0) is 10.0 Å². The molecule has 4 N–H and O–H groups in total. The predicted molar refractivity (Wildman–Crippen MR) is 83.2 cm³/mol. The molecule has 0 unspecified atom stereocenters. The number of benzene rings is 1. The van der Waals surface area contributed by atoms with Crippen molar-refractivity contribution in [1.82, 2.24) is 4.72 Å². The molecule has 0 bridgehead atoms. The van der Waals surface area contributed by atoms with Gasteiger partial charge in [0.2, 0.25) is 10.0 Å². The number of hydrogen-bond acceptors (Lipinski definition) is 4. The number of rotatable bonds is 8. The van der Waals surface area contributed by atoms with Crippen molar-refractivity contribution in [2.75, 3.05) is 25.5 Å². The Labute approximate surface area is 122 Å². The Hall–Kier alpha value is -1.11. The largest absolute Gasteiger partial charge is 0.384 e. The molecule has 0 fully saturated rings. The maximum Gasteiger partial charge on any atom is 0.240 e. The molecular formula is C14H25N3O2S. The third kappa shape index (κ3) is 3.94. The molecule has 0 aliphatic carbocycles. The highest BCUT2D eigenvalue weighted by Crippen LogP contribution is 2.25. The zero-order valence-electron chi connectivity index (χ0n) is 12.4. The second-order valence-corrected chi connectivity index (χ2v) is 6.88. The lowest BCUT2D eigenvalue weighted by atomic mass is 9.82. The Morgan fingerprint density at radius 2 is 1.70 bits per heavy atom. The van der Waals surface area contributed by atoms with Crippen molar-refractivity contribution >= 4 is 15.7 Å². The van der Waals surface area contributed by atoms with Gasteiger partial charge in [-0.05, 0) is 56.1 Å². The fraction of sp³-hybridized carbons (Fsp3) is 0.571. The Bertz CT molecular complexity index is 499. The maximum atomic E-state index is 11.6. The molecule has 1 aromatic rings. The van der Waals surface area contributed by atoms with Crippen molar-refractivity contribution in [3.05, 3.63) is 24.3 Å². The van der Waals surface area contributed by atoms with Gasteiger partial charge in [0.25, 0.3) is 0 Å². The Morgan fingerprint density at radius 1 is 1.15 bits per heavy atom. The van der Waals surface area contributed by atoms with Crippen molar-refractivity contribution in [1.29, 1.82) is 0 Å². The number of sulfonamides is 1. The minimum atomic E-state index is -3.37. The molecule has 0 saturated heterocycles. The van der Waals surface area contributed by atoms with Crippen LogP contribution >= 0.6 is 0 Å². The van der Waals surface area contributed by atoms with Crippen LogP contribution in [0.3, 0.4) is 0 Å². The van der Waals surface area contributed by atoms with Crippen molar-refractivity contribution in [3.8, 4) is 0 Å². The number of anilines is 1. The summed E-state index contributed by atoms with van der Waals surface area (Å²) in [5.41, 5.74) is 6.86. The van der Waals surface area contributed by atoms with Crippen LogP contribution in [0, 0.1) is 5.41 Å². The minimum Gasteiger partial charge on any atom is -0.384 e. The van der Waals surface area contributed by atoms with Crippen LogP contribution in [0.1, 0.15) is 26.7 Å². The van der Waals surface area contributed by atoms with Gasteiger partial charge in [-0.25, -0.2) is 13.1 Å². The second kappa shape index (κ2) is 7.06. The summed E-state index contributed by atoms with van der Waals surface area (Å²) in [6.07, 6.45) is 2.03. The highest BCUT2D eigenvalue weighted by atomic mass is 32.2. The van der Waals surface area contributed by atoms with Gasteiger partial charge in [0, 0.05) is 12.2 Å². The molecule has 0 aromatic heterocycles. The lowest BCUT2D eigenvalue weighted by Crippen LogP contribution is -2.36. The average molecular weight is 299 g/mol. The summed E-state index contributed by atoms with van der Waals surface area (Å²) in [5.74, 6) is 0. The number of hydrogen-bond donors (Lipinski definition) is 3. The van der Waals surface area contributed by atoms with Gasteiger partial charge in [0.15, 0.2) is 0 Å². The van der Waals surface area contributed by atoms with E-state index in [4.69, 9.17) is 5.73 Å². The third-order valence-electron chi connectivity index (χ3n) is 4.03. The van der Waals surface area contributed by atoms with Crippen molar-refractivity contribution in [2.45, 2.75) is 31.6 Å². The van der Waals surface area contributed by atoms with E-state index in [9.17, 15) is 8.42 Å². The summed E-state index contributed by atoms with van der Waals surface area (Å²) in [6.45, 7) is 5.70. The van der Waals surface area contributed by atoms with Crippen molar-refractivity contribution < 1.29 is 8.42 Å². The molecule has 1 rings (SSSR count). The summed E-state index contributed by atoms with van der Waals surface area (Å²) in [5, 5.41) is 3.34. The van der Waals surface area contributed by atoms with Crippen LogP contribution in [0.15, 0.2) is 29.2 Å². The Balaban J connectivity index is 2.76. The zero-order valence-corrected chi connectivity index (χ0v) is 13.3. The van der Waals surface area contributed by atoms with E-state index in [1.54, 1.807) is 24.3 Å². The fourth-order valence-electron chi connectivity index (χ4n) is 2.02. The van der Waals surface area contributed by atoms with Gasteiger partial charge in [-0.3, -0.25) is 0 Å². The third-order valence-corrected chi connectivity index (χ3v) is 5.46. The minimum absolute atomic E-state index is 0.0930. The topological polar surface area (TPSA) is 84.2 Å². The molecule has 0 amide bonds. The van der Waals surface area contributed by atoms with Gasteiger partial charge < -0.3 is 11.1 Å². The first-order chi connectivity index (χ1) is 9.43. The quantitative estimate of drug-likeness (QED) is 0.683. The molecule has 0 spiro atoms. The molecule has 1 aromatic carbocycles. The van der Waals surface area contributed by atoms with Crippen LogP contribution in [0.25, 0.3) is 0 Å². The molecule has 0 heterocycles. The molecule has 6 heteroatoms. The number of nitrogens with one attached hydrogen (secondary N) is 2. The molecule has 0 radical (unpaired) electrons. The van der Waals surface area contributed by atoms with E-state index in [2.05, 4.69) is 23.9 Å². The van der Waals surface area contributed by atoms with Crippen LogP contribution in [0.5, 0.6) is 0 Å². The van der Waals surface area contributed by atoms with E-state index in [1.165, 1.54) is 7.05 Å². The SMILES string of the molecule is CCC(CC)(CN)CNc1ccc(S(=O)(=O)NC)cc1. The van der Waals surface area contributed by atoms with Gasteiger partial charge in [-0.1, -0.05) is 13.8 Å². The molecule has 0 aliphatic rings. The first-order valence-electron chi connectivity index (χ1n) is 6.90. The maximum absolute atomic E-state index is 11.6. The van der Waals surface area contributed by atoms with Crippen molar-refractivity contribution in [3.63, 3.8) is 0 Å². The Morgan fingerprint density at radius 3 is 2.10 bits per heavy atom. The highest BCUT2D eigenvalue weighted by Gasteiger charge is 2.23. The molecule has 0 saturated carbocycles. The van der Waals surface area contributed by atoms with Gasteiger partial charge >= 0.3 is 0 Å². The zero-order chi connectivity index (χ0) is 15.2. The van der Waals surface area contributed by atoms with E-state index >= 15 is 0 Å². The standard InChI is InChI=1S/C14H25N3O2S/c1-4-14(5-2,10-15)11-17-12-6-8-13(9-7-12)20(18,19)16-3/h6-9,16-17H,4-5,10-11,15H2,1-3H3. The predicted octanol–water partition coefficient (Wildman–Crippen LogP) is 1.77. The summed E-state index contributed by atoms with van der Waals surface area (Å²) < 4.78 is 25.5. The summed E-state index contributed by atoms with van der Waals surface area (Å²) in [4.78, 5) is 0.265. The summed E-state index contributed by atoms with van der Waals surface area (Å²) in [6, 6.07) is 6.74. The first kappa shape index (κ1) is 16.9. The second-order valence-electron chi connectivity index (χ2n) is 5.00. The molecule has 0 atom stereocenters. The van der Waals surface area contributed by atoms with E-state index in [1.807, 2.05) is 0 Å². The lowest BCUT2D eigenvalue weighted by Gasteiger charge is -2.30. The molecule has 0 aliphatic heterocycles. The first-order valence-corrected chi connectivity index (χ1v) is 8.39. The van der Waals surface area contributed by atoms with Crippen LogP contribution in [0.4, 0.5) is 5.69 Å². The van der Waals surface area contributed by atoms with Crippen molar-refractivity contribution in [2.24, 2.45) is 11.1 Å². The molecule has 5 nitrogen and oxygen atoms in total. The molecular weight excluding hydrogens is 274 g/mol. The van der Waals surface area contributed by atoms with Crippen LogP contribution in [0.2, 0.25) is 0 Å². The average Bonchev–Trinajstić information content (AvgIpc) is 2.50. The monoisotopic (exact) mass is 299 g/mol. The van der Waals surface area contributed by atoms with E-state index in [-0.39, 0.29) is 10.3 Å².